The zero-order valence-electron chi connectivity index (χ0n) is 20.2. The molecule has 38 heavy (non-hydrogen) atoms. The van der Waals surface area contributed by atoms with Crippen LogP contribution in [0.4, 0.5) is 17.6 Å². The van der Waals surface area contributed by atoms with Crippen molar-refractivity contribution in [1.29, 1.82) is 0 Å². The molecule has 0 atom stereocenters. The van der Waals surface area contributed by atoms with Crippen molar-refractivity contribution in [2.24, 2.45) is 4.30 Å². The summed E-state index contributed by atoms with van der Waals surface area (Å²) in [6.45, 7) is 5.44. The number of halogens is 7. The first-order chi connectivity index (χ1) is 17.6. The molecule has 0 unspecified atom stereocenters. The Labute approximate surface area is 249 Å². The Hall–Kier alpha value is -1.65. The van der Waals surface area contributed by atoms with Crippen LogP contribution < -0.4 is 9.47 Å². The molecule has 0 aliphatic rings. The van der Waals surface area contributed by atoms with Gasteiger partial charge in [-0.3, -0.25) is 0 Å². The Morgan fingerprint density at radius 2 is 1.29 bits per heavy atom. The van der Waals surface area contributed by atoms with Gasteiger partial charge in [-0.05, 0) is 56.2 Å². The summed E-state index contributed by atoms with van der Waals surface area (Å²) in [5.74, 6) is -1.37. The SMILES string of the molecule is CCOC(=O)c1cc(OC(F)(F)Br)ccc1C.CCOC(=O)c1cc(OC(F)(F)Br)ccc1CBr.[B]=NS. The van der Waals surface area contributed by atoms with Crippen molar-refractivity contribution >= 4 is 80.2 Å². The van der Waals surface area contributed by atoms with E-state index in [2.05, 4.69) is 82.0 Å². The molecular weight excluding hydrogens is 733 g/mol. The van der Waals surface area contributed by atoms with Gasteiger partial charge in [-0.15, -0.1) is 0 Å². The van der Waals surface area contributed by atoms with Crippen LogP contribution in [-0.2, 0) is 14.8 Å². The topological polar surface area (TPSA) is 83.4 Å². The van der Waals surface area contributed by atoms with Gasteiger partial charge in [0.05, 0.1) is 24.3 Å². The predicted molar refractivity (Wildman–Crippen MR) is 148 cm³/mol. The fourth-order valence-electron chi connectivity index (χ4n) is 2.50. The number of alkyl halides is 7. The zero-order chi connectivity index (χ0) is 29.5. The Balaban J connectivity index is 0.000000654. The summed E-state index contributed by atoms with van der Waals surface area (Å²) in [6, 6.07) is 8.20. The van der Waals surface area contributed by atoms with Gasteiger partial charge >= 0.3 is 46.7 Å². The van der Waals surface area contributed by atoms with Crippen LogP contribution in [-0.4, -0.2) is 42.8 Å². The quantitative estimate of drug-likeness (QED) is 0.0927. The number of nitrogens with zero attached hydrogens (tertiary/aromatic N) is 1. The average Bonchev–Trinajstić information content (AvgIpc) is 2.79. The first-order valence-corrected chi connectivity index (χ1v) is 13.4. The van der Waals surface area contributed by atoms with E-state index < -0.39 is 22.0 Å². The maximum absolute atomic E-state index is 12.6. The summed E-state index contributed by atoms with van der Waals surface area (Å²) in [4.78, 5) is 23.2. The van der Waals surface area contributed by atoms with Crippen LogP contribution in [0.15, 0.2) is 40.7 Å². The molecule has 7 nitrogen and oxygen atoms in total. The zero-order valence-corrected chi connectivity index (χ0v) is 25.8. The second kappa shape index (κ2) is 17.8. The van der Waals surface area contributed by atoms with Crippen molar-refractivity contribution < 1.29 is 46.1 Å². The van der Waals surface area contributed by atoms with Crippen LogP contribution >= 0.6 is 60.6 Å². The average molecular weight is 755 g/mol. The van der Waals surface area contributed by atoms with Crippen LogP contribution in [0.25, 0.3) is 0 Å². The number of hydrogen-bond acceptors (Lipinski definition) is 8. The molecule has 1 radical (unpaired) electrons. The monoisotopic (exact) mass is 752 g/mol. The van der Waals surface area contributed by atoms with Gasteiger partial charge in [-0.2, -0.15) is 17.6 Å². The van der Waals surface area contributed by atoms with Gasteiger partial charge in [0.2, 0.25) is 0 Å². The second-order valence-corrected chi connectivity index (χ2v) is 9.22. The van der Waals surface area contributed by atoms with E-state index in [1.54, 1.807) is 20.8 Å². The van der Waals surface area contributed by atoms with E-state index in [0.29, 0.717) is 16.5 Å². The Morgan fingerprint density at radius 3 is 1.68 bits per heavy atom. The molecule has 0 aromatic heterocycles. The summed E-state index contributed by atoms with van der Waals surface area (Å²) in [6.07, 6.45) is 0. The number of carbonyl (C=O) groups excluding carboxylic acids is 2. The first-order valence-electron chi connectivity index (χ1n) is 10.3. The molecule has 0 saturated carbocycles. The summed E-state index contributed by atoms with van der Waals surface area (Å²) in [5.41, 5.74) is 1.68. The Bertz CT molecular complexity index is 1070. The number of hydrogen-bond donors (Lipinski definition) is 1. The van der Waals surface area contributed by atoms with Crippen molar-refractivity contribution in [3.8, 4) is 11.5 Å². The van der Waals surface area contributed by atoms with Crippen molar-refractivity contribution in [2.45, 2.75) is 36.1 Å². The standard InChI is InChI=1S/C11H10Br2F2O3.C11H11BrF2O3.BHNS/c1-2-17-10(16)9-5-8(18-11(13,14)15)4-3-7(9)6-12;1-3-16-10(15)9-6-8(5-4-7(9)2)17-11(12,13)14;1-2-3/h3-5H,2,6H2,1H3;4-6H,3H2,1-2H3;3H. The number of rotatable bonds is 9. The molecule has 0 bridgehead atoms. The molecule has 16 heteroatoms. The van der Waals surface area contributed by atoms with E-state index in [-0.39, 0.29) is 35.8 Å². The van der Waals surface area contributed by atoms with Gasteiger partial charge in [-0.1, -0.05) is 28.1 Å². The van der Waals surface area contributed by atoms with Gasteiger partial charge in [0, 0.05) is 37.2 Å². The van der Waals surface area contributed by atoms with Crippen LogP contribution in [0, 0.1) is 6.92 Å². The van der Waals surface area contributed by atoms with Crippen molar-refractivity contribution in [2.75, 3.05) is 13.2 Å². The van der Waals surface area contributed by atoms with E-state index in [1.165, 1.54) is 36.4 Å². The van der Waals surface area contributed by atoms with Crippen molar-refractivity contribution in [3.05, 3.63) is 58.7 Å². The molecule has 2 aromatic carbocycles. The number of thiol groups is 1. The molecule has 0 fully saturated rings. The van der Waals surface area contributed by atoms with E-state index in [4.69, 9.17) is 9.47 Å². The minimum atomic E-state index is -3.48. The fraction of sp³-hybridized carbons (Fsp3) is 0.364. The molecule has 0 aliphatic heterocycles. The van der Waals surface area contributed by atoms with Crippen LogP contribution in [0.5, 0.6) is 11.5 Å². The number of carbonyl (C=O) groups is 2. The molecule has 0 heterocycles. The molecule has 2 rings (SSSR count). The molecule has 0 amide bonds. The maximum atomic E-state index is 12.6. The molecule has 0 aliphatic carbocycles. The van der Waals surface area contributed by atoms with E-state index >= 15 is 0 Å². The molecular formula is C22H22BBr3F4NO6S. The first kappa shape index (κ1) is 36.4. The second-order valence-electron chi connectivity index (χ2n) is 6.58. The van der Waals surface area contributed by atoms with Gasteiger partial charge in [0.15, 0.2) is 0 Å². The predicted octanol–water partition coefficient (Wildman–Crippen LogP) is 7.76. The number of aryl methyl sites for hydroxylation is 1. The third kappa shape index (κ3) is 15.1. The normalized spacial score (nSPS) is 10.6. The fourth-order valence-corrected chi connectivity index (χ4v) is 3.36. The summed E-state index contributed by atoms with van der Waals surface area (Å²) in [7, 11) is 4.34. The van der Waals surface area contributed by atoms with Crippen molar-refractivity contribution in [3.63, 3.8) is 0 Å². The Kier molecular flexibility index (Phi) is 17.1. The van der Waals surface area contributed by atoms with E-state index in [0.717, 1.165) is 0 Å². The molecule has 2 aromatic rings. The molecule has 0 N–H and O–H groups in total. The Morgan fingerprint density at radius 1 is 0.895 bits per heavy atom. The van der Waals surface area contributed by atoms with E-state index in [1.807, 2.05) is 0 Å². The molecule has 209 valence electrons. The summed E-state index contributed by atoms with van der Waals surface area (Å²) < 4.78 is 71.4. The summed E-state index contributed by atoms with van der Waals surface area (Å²) in [5, 5.41) is -6.53. The summed E-state index contributed by atoms with van der Waals surface area (Å²) >= 11 is 10.5. The third-order valence-corrected chi connectivity index (χ3v) is 4.82. The van der Waals surface area contributed by atoms with Gasteiger partial charge < -0.3 is 18.9 Å². The van der Waals surface area contributed by atoms with E-state index in [9.17, 15) is 27.2 Å². The molecule has 0 saturated heterocycles. The van der Waals surface area contributed by atoms with Crippen molar-refractivity contribution in [1.82, 2.24) is 0 Å². The van der Waals surface area contributed by atoms with Gasteiger partial charge in [0.25, 0.3) is 0 Å². The van der Waals surface area contributed by atoms with Gasteiger partial charge in [-0.25, -0.2) is 9.59 Å². The number of benzene rings is 2. The van der Waals surface area contributed by atoms with Gasteiger partial charge in [0.1, 0.15) is 11.5 Å². The van der Waals surface area contributed by atoms with Crippen LogP contribution in [0.3, 0.4) is 0 Å². The molecule has 0 spiro atoms. The number of ether oxygens (including phenoxy) is 4. The minimum absolute atomic E-state index is 0.111. The van der Waals surface area contributed by atoms with Crippen LogP contribution in [0.2, 0.25) is 0 Å². The third-order valence-electron chi connectivity index (χ3n) is 3.89. The number of esters is 2. The van der Waals surface area contributed by atoms with Crippen LogP contribution in [0.1, 0.15) is 45.7 Å².